The molecule has 2 rings (SSSR count). The van der Waals surface area contributed by atoms with Gasteiger partial charge in [-0.05, 0) is 39.9 Å². The highest BCUT2D eigenvalue weighted by molar-refractivity contribution is 7.08. The van der Waals surface area contributed by atoms with Crippen LogP contribution in [-0.4, -0.2) is 12.6 Å². The van der Waals surface area contributed by atoms with Crippen molar-refractivity contribution in [2.24, 2.45) is 0 Å². The molecule has 82 valence electrons. The zero-order valence-electron chi connectivity index (χ0n) is 8.41. The summed E-state index contributed by atoms with van der Waals surface area (Å²) in [5, 5.41) is 7.65. The van der Waals surface area contributed by atoms with Crippen molar-refractivity contribution in [2.75, 3.05) is 0 Å². The molecule has 0 spiro atoms. The van der Waals surface area contributed by atoms with Gasteiger partial charge in [-0.3, -0.25) is 9.59 Å². The van der Waals surface area contributed by atoms with Crippen LogP contribution in [0.3, 0.4) is 0 Å². The summed E-state index contributed by atoms with van der Waals surface area (Å²) in [5.41, 5.74) is 1.86. The quantitative estimate of drug-likeness (QED) is 0.617. The van der Waals surface area contributed by atoms with Gasteiger partial charge in [-0.2, -0.15) is 22.7 Å². The molecule has 0 amide bonds. The van der Waals surface area contributed by atoms with E-state index in [9.17, 15) is 9.59 Å². The maximum Gasteiger partial charge on any atom is 0.150 e. The average Bonchev–Trinajstić information content (AvgIpc) is 3.00. The van der Waals surface area contributed by atoms with Gasteiger partial charge in [0.1, 0.15) is 6.29 Å². The van der Waals surface area contributed by atoms with Gasteiger partial charge < -0.3 is 0 Å². The predicted molar refractivity (Wildman–Crippen MR) is 69.1 cm³/mol. The first kappa shape index (κ1) is 12.5. The Morgan fingerprint density at radius 2 is 1.56 bits per heavy atom. The minimum atomic E-state index is 0.769. The second-order valence-corrected chi connectivity index (χ2v) is 4.29. The Morgan fingerprint density at radius 1 is 0.938 bits per heavy atom. The summed E-state index contributed by atoms with van der Waals surface area (Å²) in [6.45, 7) is 0. The molecule has 0 fully saturated rings. The fraction of sp³-hybridized carbons (Fsp3) is 0. The van der Waals surface area contributed by atoms with Crippen molar-refractivity contribution in [3.05, 3.63) is 50.9 Å². The molecule has 0 saturated carbocycles. The van der Waals surface area contributed by atoms with E-state index in [1.807, 2.05) is 27.6 Å². The first-order valence-corrected chi connectivity index (χ1v) is 6.37. The normalized spacial score (nSPS) is 9.50. The lowest BCUT2D eigenvalue weighted by Gasteiger charge is -1.74. The van der Waals surface area contributed by atoms with Gasteiger partial charge in [-0.15, -0.1) is 0 Å². The Balaban J connectivity index is 0.000000165. The summed E-state index contributed by atoms with van der Waals surface area (Å²) in [7, 11) is 0. The zero-order chi connectivity index (χ0) is 11.6. The number of carbonyl (C=O) groups excluding carboxylic acids is 2. The van der Waals surface area contributed by atoms with Crippen LogP contribution < -0.4 is 0 Å². The van der Waals surface area contributed by atoms with Crippen LogP contribution in [0, 0.1) is 0 Å². The first-order valence-electron chi connectivity index (χ1n) is 4.48. The number of carbonyl (C=O) groups is 2. The molecule has 4 heteroatoms. The van der Waals surface area contributed by atoms with Crippen LogP contribution in [0.5, 0.6) is 0 Å². The molecule has 2 aromatic rings. The molecule has 0 aliphatic carbocycles. The topological polar surface area (TPSA) is 34.1 Å². The van der Waals surface area contributed by atoms with Crippen molar-refractivity contribution >= 4 is 41.3 Å². The molecule has 2 nitrogen and oxygen atoms in total. The molecule has 16 heavy (non-hydrogen) atoms. The van der Waals surface area contributed by atoms with Gasteiger partial charge in [0.05, 0.1) is 0 Å². The Labute approximate surface area is 102 Å². The lowest BCUT2D eigenvalue weighted by atomic mass is 10.3. The monoisotopic (exact) mass is 250 g/mol. The van der Waals surface area contributed by atoms with E-state index in [4.69, 9.17) is 0 Å². The van der Waals surface area contributed by atoms with E-state index in [-0.39, 0.29) is 0 Å². The number of thiophene rings is 2. The van der Waals surface area contributed by atoms with E-state index in [0.29, 0.717) is 0 Å². The van der Waals surface area contributed by atoms with Crippen molar-refractivity contribution < 1.29 is 9.59 Å². The Bertz CT molecular complexity index is 428. The van der Waals surface area contributed by atoms with Crippen LogP contribution in [0.2, 0.25) is 0 Å². The van der Waals surface area contributed by atoms with E-state index in [2.05, 4.69) is 0 Å². The highest BCUT2D eigenvalue weighted by Gasteiger charge is 1.82. The molecular formula is C12H10O2S2. The highest BCUT2D eigenvalue weighted by Crippen LogP contribution is 2.06. The molecule has 0 bridgehead atoms. The maximum absolute atomic E-state index is 9.87. The minimum absolute atomic E-state index is 0.769. The van der Waals surface area contributed by atoms with Gasteiger partial charge in [0.15, 0.2) is 6.29 Å². The number of aldehydes is 2. The molecule has 0 aliphatic heterocycles. The molecule has 2 heterocycles. The molecule has 0 unspecified atom stereocenters. The smallest absolute Gasteiger partial charge is 0.150 e. The zero-order valence-corrected chi connectivity index (χ0v) is 10.0. The molecule has 2 aromatic heterocycles. The Kier molecular flexibility index (Phi) is 6.06. The SMILES string of the molecule is O=C/C=C/c1ccsc1.O=Cc1ccsc1. The third-order valence-electron chi connectivity index (χ3n) is 1.59. The molecule has 0 saturated heterocycles. The fourth-order valence-electron chi connectivity index (χ4n) is 0.862. The van der Waals surface area contributed by atoms with Gasteiger partial charge in [-0.1, -0.05) is 6.08 Å². The lowest BCUT2D eigenvalue weighted by Crippen LogP contribution is -1.64. The third kappa shape index (κ3) is 4.82. The van der Waals surface area contributed by atoms with Crippen LogP contribution in [0.4, 0.5) is 0 Å². The Morgan fingerprint density at radius 3 is 1.94 bits per heavy atom. The summed E-state index contributed by atoms with van der Waals surface area (Å²) in [6, 6.07) is 3.75. The van der Waals surface area contributed by atoms with Crippen LogP contribution in [0.1, 0.15) is 15.9 Å². The van der Waals surface area contributed by atoms with Crippen molar-refractivity contribution in [2.45, 2.75) is 0 Å². The van der Waals surface area contributed by atoms with Crippen molar-refractivity contribution in [1.29, 1.82) is 0 Å². The van der Waals surface area contributed by atoms with E-state index in [1.54, 1.807) is 23.5 Å². The second-order valence-electron chi connectivity index (χ2n) is 2.73. The summed E-state index contributed by atoms with van der Waals surface area (Å²) < 4.78 is 0. The summed E-state index contributed by atoms with van der Waals surface area (Å²) in [4.78, 5) is 19.7. The Hall–Kier alpha value is -1.52. The van der Waals surface area contributed by atoms with E-state index in [0.717, 1.165) is 23.7 Å². The summed E-state index contributed by atoms with van der Waals surface area (Å²) in [5.74, 6) is 0. The van der Waals surface area contributed by atoms with Crippen molar-refractivity contribution in [3.63, 3.8) is 0 Å². The van der Waals surface area contributed by atoms with Gasteiger partial charge in [0, 0.05) is 10.9 Å². The van der Waals surface area contributed by atoms with Crippen LogP contribution in [0.15, 0.2) is 39.7 Å². The minimum Gasteiger partial charge on any atom is -0.299 e. The van der Waals surface area contributed by atoms with Gasteiger partial charge in [-0.25, -0.2) is 0 Å². The first-order chi connectivity index (χ1) is 7.86. The van der Waals surface area contributed by atoms with Gasteiger partial charge >= 0.3 is 0 Å². The number of hydrogen-bond donors (Lipinski definition) is 0. The second kappa shape index (κ2) is 7.73. The molecule has 0 radical (unpaired) electrons. The molecule has 0 atom stereocenters. The lowest BCUT2D eigenvalue weighted by molar-refractivity contribution is -0.104. The predicted octanol–water partition coefficient (Wildman–Crippen LogP) is 3.52. The standard InChI is InChI=1S/C7H6OS.C5H4OS/c8-4-1-2-7-3-5-9-6-7;6-3-5-1-2-7-4-5/h1-6H;1-4H/b2-1+;. The van der Waals surface area contributed by atoms with Crippen molar-refractivity contribution in [1.82, 2.24) is 0 Å². The van der Waals surface area contributed by atoms with E-state index < -0.39 is 0 Å². The average molecular weight is 250 g/mol. The molecule has 0 aromatic carbocycles. The van der Waals surface area contributed by atoms with Crippen LogP contribution >= 0.6 is 22.7 Å². The summed E-state index contributed by atoms with van der Waals surface area (Å²) >= 11 is 3.16. The number of rotatable bonds is 3. The van der Waals surface area contributed by atoms with E-state index >= 15 is 0 Å². The molecule has 0 N–H and O–H groups in total. The maximum atomic E-state index is 9.87. The number of allylic oxidation sites excluding steroid dienone is 1. The van der Waals surface area contributed by atoms with Gasteiger partial charge in [0.25, 0.3) is 0 Å². The third-order valence-corrected chi connectivity index (χ3v) is 2.99. The number of hydrogen-bond acceptors (Lipinski definition) is 4. The largest absolute Gasteiger partial charge is 0.299 e. The highest BCUT2D eigenvalue weighted by atomic mass is 32.1. The summed E-state index contributed by atoms with van der Waals surface area (Å²) in [6.07, 6.45) is 4.89. The van der Waals surface area contributed by atoms with Crippen molar-refractivity contribution in [3.8, 4) is 0 Å². The van der Waals surface area contributed by atoms with Crippen LogP contribution in [0.25, 0.3) is 6.08 Å². The van der Waals surface area contributed by atoms with E-state index in [1.165, 1.54) is 17.4 Å². The fourth-order valence-corrected chi connectivity index (χ4v) is 2.10. The molecule has 0 aliphatic rings. The van der Waals surface area contributed by atoms with Gasteiger partial charge in [0.2, 0.25) is 0 Å². The van der Waals surface area contributed by atoms with Crippen LogP contribution in [-0.2, 0) is 4.79 Å². The molecular weight excluding hydrogens is 240 g/mol.